The van der Waals surface area contributed by atoms with Crippen LogP contribution in [0, 0.1) is 0 Å². The van der Waals surface area contributed by atoms with Crippen LogP contribution in [0.4, 0.5) is 0 Å². The Kier molecular flexibility index (Phi) is 6.55. The van der Waals surface area contributed by atoms with Crippen LogP contribution in [-0.4, -0.2) is 40.4 Å². The van der Waals surface area contributed by atoms with E-state index >= 15 is 0 Å². The van der Waals surface area contributed by atoms with Crippen molar-refractivity contribution in [2.75, 3.05) is 19.6 Å². The molecule has 0 saturated carbocycles. The highest BCUT2D eigenvalue weighted by molar-refractivity contribution is 6.30. The number of fused-ring (bicyclic) bond motifs is 1. The number of halogens is 1. The predicted molar refractivity (Wildman–Crippen MR) is 120 cm³/mol. The summed E-state index contributed by atoms with van der Waals surface area (Å²) in [6, 6.07) is 13.9. The molecule has 3 N–H and O–H groups in total. The van der Waals surface area contributed by atoms with Crippen molar-refractivity contribution in [3.8, 4) is 0 Å². The summed E-state index contributed by atoms with van der Waals surface area (Å²) >= 11 is 6.20. The summed E-state index contributed by atoms with van der Waals surface area (Å²) in [7, 11) is 0. The molecule has 1 aliphatic rings. The van der Waals surface area contributed by atoms with E-state index in [2.05, 4.69) is 26.3 Å². The van der Waals surface area contributed by atoms with Gasteiger partial charge in [-0.3, -0.25) is 9.69 Å². The van der Waals surface area contributed by atoms with E-state index in [1.54, 1.807) is 0 Å². The number of nitrogens with one attached hydrogen (secondary N) is 3. The number of benzene rings is 2. The third-order valence-electron chi connectivity index (χ3n) is 5.76. The van der Waals surface area contributed by atoms with Gasteiger partial charge in [0, 0.05) is 18.0 Å². The molecule has 1 saturated heterocycles. The molecule has 158 valence electrons. The molecule has 0 radical (unpaired) electrons. The molecule has 1 aromatic heterocycles. The molecule has 2 heterocycles. The molecule has 1 aliphatic heterocycles. The van der Waals surface area contributed by atoms with Gasteiger partial charge in [-0.1, -0.05) is 29.8 Å². The third kappa shape index (κ3) is 5.12. The molecular formula is C23H27ClN4O2. The van der Waals surface area contributed by atoms with Crippen LogP contribution in [0.15, 0.2) is 47.3 Å². The molecule has 1 amide bonds. The van der Waals surface area contributed by atoms with Crippen LogP contribution in [0.2, 0.25) is 5.02 Å². The molecular weight excluding hydrogens is 400 g/mol. The van der Waals surface area contributed by atoms with Crippen molar-refractivity contribution in [2.24, 2.45) is 0 Å². The second-order valence-electron chi connectivity index (χ2n) is 7.93. The minimum atomic E-state index is -0.200. The van der Waals surface area contributed by atoms with Crippen molar-refractivity contribution in [1.29, 1.82) is 0 Å². The van der Waals surface area contributed by atoms with Gasteiger partial charge in [-0.2, -0.15) is 0 Å². The maximum absolute atomic E-state index is 12.5. The van der Waals surface area contributed by atoms with Gasteiger partial charge in [0.05, 0.1) is 17.1 Å². The van der Waals surface area contributed by atoms with Gasteiger partial charge in [-0.05, 0) is 74.2 Å². The number of carbonyl (C=O) groups excluding carboxylic acids is 1. The zero-order valence-corrected chi connectivity index (χ0v) is 17.7. The summed E-state index contributed by atoms with van der Waals surface area (Å²) < 4.78 is 0. The van der Waals surface area contributed by atoms with Gasteiger partial charge < -0.3 is 15.3 Å². The molecule has 0 bridgehead atoms. The number of carbonyl (C=O) groups is 1. The first-order chi connectivity index (χ1) is 14.6. The van der Waals surface area contributed by atoms with Crippen LogP contribution in [0.25, 0.3) is 11.0 Å². The lowest BCUT2D eigenvalue weighted by Crippen LogP contribution is -2.36. The van der Waals surface area contributed by atoms with E-state index in [0.717, 1.165) is 53.1 Å². The van der Waals surface area contributed by atoms with E-state index in [1.807, 2.05) is 36.4 Å². The van der Waals surface area contributed by atoms with Crippen LogP contribution in [0.3, 0.4) is 0 Å². The second-order valence-corrected chi connectivity index (χ2v) is 8.37. The van der Waals surface area contributed by atoms with E-state index in [9.17, 15) is 9.59 Å². The summed E-state index contributed by atoms with van der Waals surface area (Å²) in [5.74, 6) is 0.0670. The van der Waals surface area contributed by atoms with Crippen LogP contribution in [0.1, 0.15) is 42.9 Å². The number of imidazole rings is 1. The fourth-order valence-electron chi connectivity index (χ4n) is 4.21. The van der Waals surface area contributed by atoms with Crippen molar-refractivity contribution < 1.29 is 4.79 Å². The maximum atomic E-state index is 12.5. The lowest BCUT2D eigenvalue weighted by atomic mass is 10.0. The zero-order valence-electron chi connectivity index (χ0n) is 16.9. The Balaban J connectivity index is 1.30. The molecule has 0 aliphatic carbocycles. The molecule has 1 unspecified atom stereocenters. The van der Waals surface area contributed by atoms with Gasteiger partial charge in [-0.15, -0.1) is 0 Å². The average molecular weight is 427 g/mol. The maximum Gasteiger partial charge on any atom is 0.323 e. The Morgan fingerprint density at radius 1 is 1.10 bits per heavy atom. The Hall–Kier alpha value is -2.57. The van der Waals surface area contributed by atoms with E-state index in [-0.39, 0.29) is 17.6 Å². The first-order valence-electron chi connectivity index (χ1n) is 10.6. The number of aryl methyl sites for hydroxylation is 1. The van der Waals surface area contributed by atoms with Crippen molar-refractivity contribution in [3.63, 3.8) is 0 Å². The van der Waals surface area contributed by atoms with Gasteiger partial charge in [-0.25, -0.2) is 4.79 Å². The van der Waals surface area contributed by atoms with Gasteiger partial charge >= 0.3 is 5.69 Å². The topological polar surface area (TPSA) is 81.0 Å². The molecule has 6 nitrogen and oxygen atoms in total. The van der Waals surface area contributed by atoms with E-state index in [0.29, 0.717) is 13.0 Å². The number of hydrogen-bond donors (Lipinski definition) is 3. The van der Waals surface area contributed by atoms with Crippen molar-refractivity contribution in [1.82, 2.24) is 20.2 Å². The number of aromatic nitrogens is 2. The molecule has 4 rings (SSSR count). The minimum absolute atomic E-state index is 0.0670. The number of H-pyrrole nitrogens is 2. The Bertz CT molecular complexity index is 1070. The second kappa shape index (κ2) is 9.49. The van der Waals surface area contributed by atoms with Crippen molar-refractivity contribution >= 4 is 28.5 Å². The predicted octanol–water partition coefficient (Wildman–Crippen LogP) is 3.79. The van der Waals surface area contributed by atoms with Crippen LogP contribution in [-0.2, 0) is 11.2 Å². The molecule has 0 spiro atoms. The van der Waals surface area contributed by atoms with Crippen LogP contribution in [0.5, 0.6) is 0 Å². The molecule has 1 atom stereocenters. The van der Waals surface area contributed by atoms with Gasteiger partial charge in [0.25, 0.3) is 0 Å². The largest absolute Gasteiger partial charge is 0.354 e. The fraction of sp³-hybridized carbons (Fsp3) is 0.391. The van der Waals surface area contributed by atoms with Gasteiger partial charge in [0.2, 0.25) is 5.91 Å². The Morgan fingerprint density at radius 2 is 1.90 bits per heavy atom. The summed E-state index contributed by atoms with van der Waals surface area (Å²) in [5.41, 5.74) is 3.67. The molecule has 3 aromatic rings. The minimum Gasteiger partial charge on any atom is -0.354 e. The summed E-state index contributed by atoms with van der Waals surface area (Å²) in [5, 5.41) is 3.85. The lowest BCUT2D eigenvalue weighted by molar-refractivity contribution is -0.121. The number of hydrogen-bond acceptors (Lipinski definition) is 3. The van der Waals surface area contributed by atoms with E-state index in [1.165, 1.54) is 12.8 Å². The molecule has 2 aromatic carbocycles. The summed E-state index contributed by atoms with van der Waals surface area (Å²) in [4.78, 5) is 31.8. The third-order valence-corrected chi connectivity index (χ3v) is 5.99. The molecule has 1 fully saturated rings. The highest BCUT2D eigenvalue weighted by atomic mass is 35.5. The van der Waals surface area contributed by atoms with Crippen LogP contribution >= 0.6 is 11.6 Å². The quantitative estimate of drug-likeness (QED) is 0.512. The summed E-state index contributed by atoms with van der Waals surface area (Å²) in [6.45, 7) is 2.70. The van der Waals surface area contributed by atoms with Crippen molar-refractivity contribution in [3.05, 3.63) is 69.1 Å². The Morgan fingerprint density at radius 3 is 2.70 bits per heavy atom. The van der Waals surface area contributed by atoms with E-state index in [4.69, 9.17) is 11.6 Å². The highest BCUT2D eigenvalue weighted by Crippen LogP contribution is 2.26. The number of likely N-dealkylation sites (tertiary alicyclic amines) is 1. The normalized spacial score (nSPS) is 15.5. The average Bonchev–Trinajstić information content (AvgIpc) is 3.37. The van der Waals surface area contributed by atoms with Crippen molar-refractivity contribution in [2.45, 2.75) is 38.1 Å². The highest BCUT2D eigenvalue weighted by Gasteiger charge is 2.24. The monoisotopic (exact) mass is 426 g/mol. The molecule has 7 heteroatoms. The fourth-order valence-corrected chi connectivity index (χ4v) is 4.41. The first-order valence-corrected chi connectivity index (χ1v) is 10.9. The number of nitrogens with zero attached hydrogens (tertiary/aromatic N) is 1. The molecule has 30 heavy (non-hydrogen) atoms. The van der Waals surface area contributed by atoms with E-state index < -0.39 is 0 Å². The standard InChI is InChI=1S/C23H27ClN4O2/c24-18-7-4-6-17(14-18)21(28-11-1-2-12-28)15-25-22(29)8-3-5-16-9-10-19-20(13-16)27-23(30)26-19/h4,6-7,9-10,13-14,21H,1-3,5,8,11-12,15H2,(H,25,29)(H2,26,27,30). The van der Waals surface area contributed by atoms with Crippen LogP contribution < -0.4 is 11.0 Å². The first kappa shape index (κ1) is 20.7. The van der Waals surface area contributed by atoms with Gasteiger partial charge in [0.15, 0.2) is 0 Å². The van der Waals surface area contributed by atoms with Gasteiger partial charge in [0.1, 0.15) is 0 Å². The SMILES string of the molecule is O=C(CCCc1ccc2[nH]c(=O)[nH]c2c1)NCC(c1cccc(Cl)c1)N1CCCC1. The zero-order chi connectivity index (χ0) is 20.9. The smallest absolute Gasteiger partial charge is 0.323 e. The Labute approximate surface area is 180 Å². The lowest BCUT2D eigenvalue weighted by Gasteiger charge is -2.28. The number of amides is 1. The number of rotatable bonds is 8. The summed E-state index contributed by atoms with van der Waals surface area (Å²) in [6.07, 6.45) is 4.42. The number of aromatic amines is 2.